The van der Waals surface area contributed by atoms with Gasteiger partial charge in [-0.2, -0.15) is 0 Å². The molecule has 21 heavy (non-hydrogen) atoms. The molecule has 0 amide bonds. The smallest absolute Gasteiger partial charge is 0.148 e. The predicted octanol–water partition coefficient (Wildman–Crippen LogP) is 2.87. The highest BCUT2D eigenvalue weighted by Gasteiger charge is 2.21. The molecule has 0 saturated carbocycles. The first kappa shape index (κ1) is 13.7. The van der Waals surface area contributed by atoms with Gasteiger partial charge in [-0.15, -0.1) is 0 Å². The lowest BCUT2D eigenvalue weighted by Crippen LogP contribution is -2.47. The van der Waals surface area contributed by atoms with Crippen LogP contribution in [0.25, 0.3) is 0 Å². The Morgan fingerprint density at radius 1 is 0.714 bits per heavy atom. The lowest BCUT2D eigenvalue weighted by molar-refractivity contribution is 0.596. The van der Waals surface area contributed by atoms with Gasteiger partial charge in [-0.1, -0.05) is 18.2 Å². The Morgan fingerprint density at radius 3 is 1.90 bits per heavy atom. The largest absolute Gasteiger partial charge is 0.395 e. The molecule has 3 nitrogen and oxygen atoms in total. The lowest BCUT2D eigenvalue weighted by Gasteiger charge is -2.37. The third-order valence-corrected chi connectivity index (χ3v) is 3.84. The van der Waals surface area contributed by atoms with E-state index in [0.29, 0.717) is 37.6 Å². The van der Waals surface area contributed by atoms with Crippen molar-refractivity contribution in [3.63, 3.8) is 0 Å². The number of anilines is 3. The molecule has 2 N–H and O–H groups in total. The quantitative estimate of drug-likeness (QED) is 0.863. The van der Waals surface area contributed by atoms with Crippen LogP contribution in [0, 0.1) is 11.6 Å². The molecule has 0 spiro atoms. The summed E-state index contributed by atoms with van der Waals surface area (Å²) in [7, 11) is 0. The predicted molar refractivity (Wildman–Crippen MR) is 81.6 cm³/mol. The van der Waals surface area contributed by atoms with Crippen LogP contribution in [0.1, 0.15) is 0 Å². The maximum absolute atomic E-state index is 13.8. The first-order valence-electron chi connectivity index (χ1n) is 6.95. The average molecular weight is 289 g/mol. The monoisotopic (exact) mass is 289 g/mol. The van der Waals surface area contributed by atoms with Gasteiger partial charge < -0.3 is 15.5 Å². The summed E-state index contributed by atoms with van der Waals surface area (Å²) in [5.41, 5.74) is 7.30. The van der Waals surface area contributed by atoms with Crippen LogP contribution in [0.2, 0.25) is 0 Å². The lowest BCUT2D eigenvalue weighted by atomic mass is 10.2. The van der Waals surface area contributed by atoms with Gasteiger partial charge in [0.15, 0.2) is 0 Å². The molecule has 5 heteroatoms. The van der Waals surface area contributed by atoms with Crippen LogP contribution in [-0.4, -0.2) is 26.2 Å². The number of hydrogen-bond donors (Lipinski definition) is 1. The fourth-order valence-electron chi connectivity index (χ4n) is 2.70. The normalized spacial score (nSPS) is 15.3. The molecular weight excluding hydrogens is 272 g/mol. The van der Waals surface area contributed by atoms with E-state index in [9.17, 15) is 8.78 Å². The fourth-order valence-corrected chi connectivity index (χ4v) is 2.70. The van der Waals surface area contributed by atoms with Crippen molar-refractivity contribution in [1.29, 1.82) is 0 Å². The van der Waals surface area contributed by atoms with E-state index in [1.54, 1.807) is 18.2 Å². The summed E-state index contributed by atoms with van der Waals surface area (Å²) >= 11 is 0. The van der Waals surface area contributed by atoms with Crippen LogP contribution < -0.4 is 15.5 Å². The molecule has 0 bridgehead atoms. The maximum atomic E-state index is 13.8. The summed E-state index contributed by atoms with van der Waals surface area (Å²) in [6, 6.07) is 11.6. The van der Waals surface area contributed by atoms with Crippen molar-refractivity contribution in [2.75, 3.05) is 41.7 Å². The molecule has 1 aliphatic rings. The second-order valence-electron chi connectivity index (χ2n) is 5.10. The second-order valence-corrected chi connectivity index (χ2v) is 5.10. The molecule has 0 aliphatic carbocycles. The number of rotatable bonds is 2. The standard InChI is InChI=1S/C16H17F2N3/c17-12-4-1-2-6-14(12)20-8-10-21(11-9-20)15-7-3-5-13(18)16(15)19/h1-7H,8-11,19H2. The summed E-state index contributed by atoms with van der Waals surface area (Å²) in [5.74, 6) is -0.611. The van der Waals surface area contributed by atoms with Crippen LogP contribution in [0.3, 0.4) is 0 Å². The molecular formula is C16H17F2N3. The molecule has 0 unspecified atom stereocenters. The van der Waals surface area contributed by atoms with Crippen LogP contribution in [0.4, 0.5) is 25.8 Å². The Morgan fingerprint density at radius 2 is 1.24 bits per heavy atom. The topological polar surface area (TPSA) is 32.5 Å². The minimum Gasteiger partial charge on any atom is -0.395 e. The van der Waals surface area contributed by atoms with E-state index >= 15 is 0 Å². The highest BCUT2D eigenvalue weighted by Crippen LogP contribution is 2.28. The van der Waals surface area contributed by atoms with Gasteiger partial charge in [0.25, 0.3) is 0 Å². The highest BCUT2D eigenvalue weighted by molar-refractivity contribution is 5.68. The first-order chi connectivity index (χ1) is 10.2. The number of nitrogens with zero attached hydrogens (tertiary/aromatic N) is 2. The Hall–Kier alpha value is -2.30. The summed E-state index contributed by atoms with van der Waals surface area (Å²) in [4.78, 5) is 4.04. The number of halogens is 2. The summed E-state index contributed by atoms with van der Waals surface area (Å²) in [6.07, 6.45) is 0. The number of piperazine rings is 1. The zero-order chi connectivity index (χ0) is 14.8. The van der Waals surface area contributed by atoms with Gasteiger partial charge in [-0.05, 0) is 24.3 Å². The Kier molecular flexibility index (Phi) is 3.64. The number of nitrogen functional groups attached to an aromatic ring is 1. The van der Waals surface area contributed by atoms with E-state index in [4.69, 9.17) is 5.73 Å². The SMILES string of the molecule is Nc1c(F)cccc1N1CCN(c2ccccc2F)CC1. The Bertz CT molecular complexity index is 637. The Balaban J connectivity index is 1.74. The third kappa shape index (κ3) is 2.63. The van der Waals surface area contributed by atoms with E-state index in [1.165, 1.54) is 12.1 Å². The second kappa shape index (κ2) is 5.60. The number of hydrogen-bond acceptors (Lipinski definition) is 3. The molecule has 1 fully saturated rings. The van der Waals surface area contributed by atoms with Gasteiger partial charge in [-0.3, -0.25) is 0 Å². The van der Waals surface area contributed by atoms with Crippen molar-refractivity contribution in [2.45, 2.75) is 0 Å². The van der Waals surface area contributed by atoms with Gasteiger partial charge in [0, 0.05) is 26.2 Å². The fraction of sp³-hybridized carbons (Fsp3) is 0.250. The minimum atomic E-state index is -0.399. The molecule has 1 saturated heterocycles. The molecule has 1 aliphatic heterocycles. The van der Waals surface area contributed by atoms with Crippen molar-refractivity contribution >= 4 is 17.1 Å². The van der Waals surface area contributed by atoms with E-state index in [0.717, 1.165) is 0 Å². The zero-order valence-electron chi connectivity index (χ0n) is 11.6. The number of para-hydroxylation sites is 2. The molecule has 1 heterocycles. The number of benzene rings is 2. The maximum Gasteiger partial charge on any atom is 0.148 e. The van der Waals surface area contributed by atoms with Crippen LogP contribution in [0.5, 0.6) is 0 Å². The molecule has 2 aromatic rings. The van der Waals surface area contributed by atoms with E-state index in [2.05, 4.69) is 0 Å². The van der Waals surface area contributed by atoms with Crippen molar-refractivity contribution < 1.29 is 8.78 Å². The van der Waals surface area contributed by atoms with E-state index in [-0.39, 0.29) is 11.5 Å². The molecule has 110 valence electrons. The molecule has 0 radical (unpaired) electrons. The van der Waals surface area contributed by atoms with Crippen molar-refractivity contribution in [3.05, 3.63) is 54.1 Å². The van der Waals surface area contributed by atoms with Gasteiger partial charge in [-0.25, -0.2) is 8.78 Å². The molecule has 3 rings (SSSR count). The van der Waals surface area contributed by atoms with Crippen molar-refractivity contribution in [1.82, 2.24) is 0 Å². The van der Waals surface area contributed by atoms with Crippen molar-refractivity contribution in [2.24, 2.45) is 0 Å². The van der Waals surface area contributed by atoms with Gasteiger partial charge in [0.2, 0.25) is 0 Å². The van der Waals surface area contributed by atoms with Gasteiger partial charge in [0.1, 0.15) is 11.6 Å². The summed E-state index contributed by atoms with van der Waals surface area (Å²) in [6.45, 7) is 2.72. The first-order valence-corrected chi connectivity index (χ1v) is 6.95. The molecule has 0 aromatic heterocycles. The number of nitrogens with two attached hydrogens (primary N) is 1. The van der Waals surface area contributed by atoms with Gasteiger partial charge >= 0.3 is 0 Å². The average Bonchev–Trinajstić information content (AvgIpc) is 2.51. The van der Waals surface area contributed by atoms with E-state index in [1.807, 2.05) is 21.9 Å². The molecule has 0 atom stereocenters. The summed E-state index contributed by atoms with van der Waals surface area (Å²) < 4.78 is 27.3. The third-order valence-electron chi connectivity index (χ3n) is 3.84. The van der Waals surface area contributed by atoms with E-state index < -0.39 is 5.82 Å². The highest BCUT2D eigenvalue weighted by atomic mass is 19.1. The minimum absolute atomic E-state index is 0.178. The molecule has 2 aromatic carbocycles. The van der Waals surface area contributed by atoms with Crippen molar-refractivity contribution in [3.8, 4) is 0 Å². The zero-order valence-corrected chi connectivity index (χ0v) is 11.6. The summed E-state index contributed by atoms with van der Waals surface area (Å²) in [5, 5.41) is 0. The van der Waals surface area contributed by atoms with Gasteiger partial charge in [0.05, 0.1) is 17.1 Å². The van der Waals surface area contributed by atoms with Crippen LogP contribution in [0.15, 0.2) is 42.5 Å². The van der Waals surface area contributed by atoms with Crippen LogP contribution >= 0.6 is 0 Å². The van der Waals surface area contributed by atoms with Crippen LogP contribution in [-0.2, 0) is 0 Å². The Labute approximate surface area is 122 Å².